The second-order valence-electron chi connectivity index (χ2n) is 5.86. The fraction of sp³-hybridized carbons (Fsp3) is 0.300. The summed E-state index contributed by atoms with van der Waals surface area (Å²) in [5.74, 6) is 0.949. The number of hydrogen-bond donors (Lipinski definition) is 3. The molecule has 0 aliphatic heterocycles. The molecule has 0 aliphatic carbocycles. The minimum atomic E-state index is -0.340. The maximum atomic E-state index is 13.1. The quantitative estimate of drug-likeness (QED) is 0.226. The zero-order valence-electron chi connectivity index (χ0n) is 16.0. The van der Waals surface area contributed by atoms with Crippen molar-refractivity contribution in [1.29, 1.82) is 0 Å². The van der Waals surface area contributed by atoms with Crippen LogP contribution in [0.4, 0.5) is 4.39 Å². The topological polar surface area (TPSA) is 74.8 Å². The highest BCUT2D eigenvalue weighted by atomic mass is 127. The molecule has 0 bridgehead atoms. The summed E-state index contributed by atoms with van der Waals surface area (Å²) < 4.78 is 18.3. The summed E-state index contributed by atoms with van der Waals surface area (Å²) >= 11 is 0. The van der Waals surface area contributed by atoms with Gasteiger partial charge in [0, 0.05) is 26.7 Å². The van der Waals surface area contributed by atoms with Crippen molar-refractivity contribution >= 4 is 35.8 Å². The van der Waals surface area contributed by atoms with Crippen molar-refractivity contribution in [2.45, 2.75) is 13.0 Å². The molecule has 3 N–H and O–H groups in total. The molecule has 2 aromatic carbocycles. The first-order valence-electron chi connectivity index (χ1n) is 8.69. The van der Waals surface area contributed by atoms with Crippen LogP contribution in [0.3, 0.4) is 0 Å². The largest absolute Gasteiger partial charge is 0.497 e. The molecule has 2 rings (SSSR count). The van der Waals surface area contributed by atoms with Crippen LogP contribution in [0.1, 0.15) is 11.1 Å². The molecular formula is C20H26FIN4O2. The average molecular weight is 500 g/mol. The number of carbonyl (C=O) groups excluding carboxylic acids is 1. The smallest absolute Gasteiger partial charge is 0.224 e. The SMILES string of the molecule is CN=C(NCCNC(=O)Cc1cccc(F)c1)NCc1cccc(OC)c1.I. The number of nitrogens with one attached hydrogen (secondary N) is 3. The van der Waals surface area contributed by atoms with Crippen LogP contribution >= 0.6 is 24.0 Å². The summed E-state index contributed by atoms with van der Waals surface area (Å²) in [7, 11) is 3.32. The fourth-order valence-corrected chi connectivity index (χ4v) is 2.47. The molecule has 8 heteroatoms. The van der Waals surface area contributed by atoms with Crippen molar-refractivity contribution in [3.8, 4) is 5.75 Å². The first kappa shape index (κ1) is 23.7. The van der Waals surface area contributed by atoms with E-state index in [1.54, 1.807) is 26.3 Å². The molecule has 28 heavy (non-hydrogen) atoms. The van der Waals surface area contributed by atoms with E-state index < -0.39 is 0 Å². The van der Waals surface area contributed by atoms with Crippen LogP contribution in [-0.2, 0) is 17.8 Å². The Balaban J connectivity index is 0.00000392. The number of carbonyl (C=O) groups is 1. The van der Waals surface area contributed by atoms with E-state index >= 15 is 0 Å². The van der Waals surface area contributed by atoms with Crippen molar-refractivity contribution in [3.63, 3.8) is 0 Å². The van der Waals surface area contributed by atoms with Gasteiger partial charge in [0.1, 0.15) is 11.6 Å². The van der Waals surface area contributed by atoms with Gasteiger partial charge >= 0.3 is 0 Å². The summed E-state index contributed by atoms with van der Waals surface area (Å²) in [6, 6.07) is 13.8. The minimum Gasteiger partial charge on any atom is -0.497 e. The lowest BCUT2D eigenvalue weighted by atomic mass is 10.1. The Kier molecular flexibility index (Phi) is 10.9. The number of halogens is 2. The summed E-state index contributed by atoms with van der Waals surface area (Å²) in [5, 5.41) is 9.13. The van der Waals surface area contributed by atoms with Gasteiger partial charge < -0.3 is 20.7 Å². The second-order valence-corrected chi connectivity index (χ2v) is 5.86. The van der Waals surface area contributed by atoms with Gasteiger partial charge in [-0.3, -0.25) is 9.79 Å². The van der Waals surface area contributed by atoms with Crippen LogP contribution in [0.2, 0.25) is 0 Å². The van der Waals surface area contributed by atoms with Crippen molar-refractivity contribution < 1.29 is 13.9 Å². The molecule has 0 aromatic heterocycles. The van der Waals surface area contributed by atoms with E-state index in [4.69, 9.17) is 4.74 Å². The lowest BCUT2D eigenvalue weighted by Gasteiger charge is -2.13. The van der Waals surface area contributed by atoms with E-state index in [-0.39, 0.29) is 42.1 Å². The first-order valence-corrected chi connectivity index (χ1v) is 8.69. The molecule has 6 nitrogen and oxygen atoms in total. The van der Waals surface area contributed by atoms with E-state index in [1.165, 1.54) is 12.1 Å². The van der Waals surface area contributed by atoms with E-state index in [0.29, 0.717) is 31.2 Å². The number of hydrogen-bond acceptors (Lipinski definition) is 3. The predicted molar refractivity (Wildman–Crippen MR) is 120 cm³/mol. The van der Waals surface area contributed by atoms with Gasteiger partial charge in [0.2, 0.25) is 5.91 Å². The first-order chi connectivity index (χ1) is 13.1. The number of benzene rings is 2. The van der Waals surface area contributed by atoms with Crippen LogP contribution in [-0.4, -0.2) is 39.1 Å². The van der Waals surface area contributed by atoms with Gasteiger partial charge in [0.25, 0.3) is 0 Å². The monoisotopic (exact) mass is 500 g/mol. The third kappa shape index (κ3) is 8.55. The van der Waals surface area contributed by atoms with Crippen LogP contribution < -0.4 is 20.7 Å². The van der Waals surface area contributed by atoms with Gasteiger partial charge in [-0.25, -0.2) is 4.39 Å². The molecule has 1 amide bonds. The molecule has 0 heterocycles. The number of methoxy groups -OCH3 is 1. The van der Waals surface area contributed by atoms with Gasteiger partial charge in [-0.05, 0) is 35.4 Å². The third-order valence-corrected chi connectivity index (χ3v) is 3.81. The van der Waals surface area contributed by atoms with Crippen molar-refractivity contribution in [2.75, 3.05) is 27.2 Å². The van der Waals surface area contributed by atoms with Crippen LogP contribution in [0.15, 0.2) is 53.5 Å². The molecule has 152 valence electrons. The number of ether oxygens (including phenoxy) is 1. The normalized spacial score (nSPS) is 10.6. The Morgan fingerprint density at radius 1 is 1.04 bits per heavy atom. The second kappa shape index (κ2) is 12.9. The number of guanidine groups is 1. The lowest BCUT2D eigenvalue weighted by Crippen LogP contribution is -2.41. The Labute approximate surface area is 182 Å². The molecule has 0 unspecified atom stereocenters. The zero-order valence-corrected chi connectivity index (χ0v) is 18.3. The minimum absolute atomic E-state index is 0. The molecular weight excluding hydrogens is 474 g/mol. The van der Waals surface area contributed by atoms with E-state index in [0.717, 1.165) is 11.3 Å². The summed E-state index contributed by atoms with van der Waals surface area (Å²) in [5.41, 5.74) is 1.72. The zero-order chi connectivity index (χ0) is 19.5. The molecule has 0 fully saturated rings. The highest BCUT2D eigenvalue weighted by Gasteiger charge is 2.04. The Morgan fingerprint density at radius 2 is 1.75 bits per heavy atom. The predicted octanol–water partition coefficient (Wildman–Crippen LogP) is 2.48. The van der Waals surface area contributed by atoms with Gasteiger partial charge in [-0.1, -0.05) is 24.3 Å². The maximum Gasteiger partial charge on any atom is 0.224 e. The standard InChI is InChI=1S/C20H25FN4O2.HI/c1-22-20(25-14-16-6-4-8-18(12-16)27-2)24-10-9-23-19(26)13-15-5-3-7-17(21)11-15;/h3-8,11-12H,9-10,13-14H2,1-2H3,(H,23,26)(H2,22,24,25);1H. The molecule has 0 saturated carbocycles. The average Bonchev–Trinajstić information content (AvgIpc) is 2.67. The van der Waals surface area contributed by atoms with E-state index in [2.05, 4.69) is 20.9 Å². The Hall–Kier alpha value is -2.36. The highest BCUT2D eigenvalue weighted by molar-refractivity contribution is 14.0. The number of rotatable bonds is 8. The summed E-state index contributed by atoms with van der Waals surface area (Å²) in [6.07, 6.45) is 0.153. The van der Waals surface area contributed by atoms with Crippen LogP contribution in [0, 0.1) is 5.82 Å². The van der Waals surface area contributed by atoms with Crippen LogP contribution in [0.5, 0.6) is 5.75 Å². The summed E-state index contributed by atoms with van der Waals surface area (Å²) in [4.78, 5) is 16.0. The highest BCUT2D eigenvalue weighted by Crippen LogP contribution is 2.12. The molecule has 0 saturated heterocycles. The number of amides is 1. The maximum absolute atomic E-state index is 13.1. The van der Waals surface area contributed by atoms with Gasteiger partial charge in [-0.2, -0.15) is 0 Å². The molecule has 0 spiro atoms. The van der Waals surface area contributed by atoms with E-state index in [9.17, 15) is 9.18 Å². The third-order valence-electron chi connectivity index (χ3n) is 3.81. The lowest BCUT2D eigenvalue weighted by molar-refractivity contribution is -0.120. The van der Waals surface area contributed by atoms with E-state index in [1.807, 2.05) is 24.3 Å². The van der Waals surface area contributed by atoms with Crippen molar-refractivity contribution in [3.05, 3.63) is 65.5 Å². The van der Waals surface area contributed by atoms with Gasteiger partial charge in [0.05, 0.1) is 13.5 Å². The number of aliphatic imine (C=N–C) groups is 1. The molecule has 0 radical (unpaired) electrons. The molecule has 0 atom stereocenters. The van der Waals surface area contributed by atoms with Gasteiger partial charge in [0.15, 0.2) is 5.96 Å². The summed E-state index contributed by atoms with van der Waals surface area (Å²) in [6.45, 7) is 1.56. The van der Waals surface area contributed by atoms with Crippen LogP contribution in [0.25, 0.3) is 0 Å². The van der Waals surface area contributed by atoms with Gasteiger partial charge in [-0.15, -0.1) is 24.0 Å². The Morgan fingerprint density at radius 3 is 2.46 bits per heavy atom. The van der Waals surface area contributed by atoms with Crippen molar-refractivity contribution in [1.82, 2.24) is 16.0 Å². The fourth-order valence-electron chi connectivity index (χ4n) is 2.47. The molecule has 2 aromatic rings. The number of nitrogens with zero attached hydrogens (tertiary/aromatic N) is 1. The Bertz CT molecular complexity index is 786. The van der Waals surface area contributed by atoms with Crippen molar-refractivity contribution in [2.24, 2.45) is 4.99 Å². The molecule has 0 aliphatic rings.